The van der Waals surface area contributed by atoms with Crippen molar-refractivity contribution in [2.24, 2.45) is 5.92 Å². The molecule has 0 heterocycles. The molecule has 0 aliphatic heterocycles. The number of hydrogen-bond acceptors (Lipinski definition) is 0. The maximum atomic E-state index is 6.40. The molecule has 2 aromatic rings. The second-order valence-corrected chi connectivity index (χ2v) is 8.98. The number of benzene rings is 2. The molecular formula is C28H35Cl. The van der Waals surface area contributed by atoms with E-state index in [-0.39, 0.29) is 0 Å². The monoisotopic (exact) mass is 406 g/mol. The van der Waals surface area contributed by atoms with Crippen LogP contribution in [0.3, 0.4) is 0 Å². The lowest BCUT2D eigenvalue weighted by molar-refractivity contribution is 0.384. The lowest BCUT2D eigenvalue weighted by Gasteiger charge is -2.26. The zero-order chi connectivity index (χ0) is 20.5. The highest BCUT2D eigenvalue weighted by Gasteiger charge is 2.21. The Bertz CT molecular complexity index is 814. The average Bonchev–Trinajstić information content (AvgIpc) is 2.75. The fourth-order valence-electron chi connectivity index (χ4n) is 4.39. The van der Waals surface area contributed by atoms with E-state index in [1.165, 1.54) is 68.1 Å². The fraction of sp³-hybridized carbons (Fsp3) is 0.500. The molecule has 154 valence electrons. The van der Waals surface area contributed by atoms with Gasteiger partial charge in [-0.1, -0.05) is 86.9 Å². The van der Waals surface area contributed by atoms with Gasteiger partial charge >= 0.3 is 0 Å². The van der Waals surface area contributed by atoms with Crippen LogP contribution in [0.2, 0.25) is 5.02 Å². The fourth-order valence-corrected chi connectivity index (χ4v) is 4.66. The van der Waals surface area contributed by atoms with Crippen molar-refractivity contribution in [2.45, 2.75) is 84.0 Å². The molecule has 1 fully saturated rings. The van der Waals surface area contributed by atoms with Crippen molar-refractivity contribution in [1.82, 2.24) is 0 Å². The van der Waals surface area contributed by atoms with Gasteiger partial charge in [0.25, 0.3) is 0 Å². The third-order valence-corrected chi connectivity index (χ3v) is 6.59. The van der Waals surface area contributed by atoms with Crippen LogP contribution in [0.4, 0.5) is 0 Å². The lowest BCUT2D eigenvalue weighted by Crippen LogP contribution is -2.12. The van der Waals surface area contributed by atoms with E-state index >= 15 is 0 Å². The summed E-state index contributed by atoms with van der Waals surface area (Å²) in [5.74, 6) is 8.12. The Morgan fingerprint density at radius 1 is 0.862 bits per heavy atom. The molecule has 0 N–H and O–H groups in total. The third-order valence-electron chi connectivity index (χ3n) is 6.24. The van der Waals surface area contributed by atoms with Gasteiger partial charge in [0.1, 0.15) is 0 Å². The summed E-state index contributed by atoms with van der Waals surface area (Å²) in [6, 6.07) is 15.7. The Kier molecular flexibility index (Phi) is 8.69. The summed E-state index contributed by atoms with van der Waals surface area (Å²) in [6.45, 7) is 4.45. The van der Waals surface area contributed by atoms with Gasteiger partial charge in [0, 0.05) is 16.5 Å². The van der Waals surface area contributed by atoms with Gasteiger partial charge in [-0.15, -0.1) is 0 Å². The van der Waals surface area contributed by atoms with Crippen molar-refractivity contribution in [3.05, 3.63) is 69.7 Å². The second-order valence-electron chi connectivity index (χ2n) is 8.57. The second kappa shape index (κ2) is 11.5. The van der Waals surface area contributed by atoms with Crippen molar-refractivity contribution in [2.75, 3.05) is 0 Å². The highest BCUT2D eigenvalue weighted by Crippen LogP contribution is 2.35. The normalized spacial score (nSPS) is 18.9. The van der Waals surface area contributed by atoms with Gasteiger partial charge in [-0.25, -0.2) is 0 Å². The summed E-state index contributed by atoms with van der Waals surface area (Å²) >= 11 is 6.40. The topological polar surface area (TPSA) is 0 Å². The molecule has 1 saturated carbocycles. The van der Waals surface area contributed by atoms with Gasteiger partial charge in [0.15, 0.2) is 0 Å². The van der Waals surface area contributed by atoms with Crippen LogP contribution in [0.1, 0.15) is 93.4 Å². The van der Waals surface area contributed by atoms with E-state index in [2.05, 4.69) is 62.1 Å². The average molecular weight is 407 g/mol. The van der Waals surface area contributed by atoms with E-state index in [9.17, 15) is 0 Å². The van der Waals surface area contributed by atoms with Gasteiger partial charge in [-0.3, -0.25) is 0 Å². The maximum Gasteiger partial charge on any atom is 0.0450 e. The van der Waals surface area contributed by atoms with Gasteiger partial charge < -0.3 is 0 Å². The van der Waals surface area contributed by atoms with Crippen molar-refractivity contribution >= 4 is 11.6 Å². The van der Waals surface area contributed by atoms with Crippen LogP contribution in [0, 0.1) is 17.8 Å². The first kappa shape index (κ1) is 22.0. The number of aryl methyl sites for hydroxylation is 2. The first-order valence-corrected chi connectivity index (χ1v) is 12.0. The van der Waals surface area contributed by atoms with Crippen LogP contribution in [-0.2, 0) is 12.8 Å². The van der Waals surface area contributed by atoms with Crippen LogP contribution in [0.5, 0.6) is 0 Å². The smallest absolute Gasteiger partial charge is 0.0450 e. The Morgan fingerprint density at radius 3 is 2.28 bits per heavy atom. The number of unbranched alkanes of at least 4 members (excludes halogenated alkanes) is 2. The van der Waals surface area contributed by atoms with Crippen LogP contribution in [0.25, 0.3) is 0 Å². The zero-order valence-electron chi connectivity index (χ0n) is 18.1. The summed E-state index contributed by atoms with van der Waals surface area (Å²) in [5, 5.41) is 0.862. The highest BCUT2D eigenvalue weighted by atomic mass is 35.5. The van der Waals surface area contributed by atoms with Crippen LogP contribution in [-0.4, -0.2) is 0 Å². The standard InChI is InChI=1S/C28H35Cl/c1-3-5-6-8-22-11-16-25(17-12-22)26-18-13-23(14-19-26)9-10-24-15-20-27(7-4-2)28(29)21-24/h11-12,15-17,20-21,23,26H,3-8,13-14,18-19H2,1-2H3. The van der Waals surface area contributed by atoms with Gasteiger partial charge in [-0.2, -0.15) is 0 Å². The quantitative estimate of drug-likeness (QED) is 0.320. The molecule has 0 amide bonds. The Hall–Kier alpha value is -1.71. The molecule has 0 saturated heterocycles. The van der Waals surface area contributed by atoms with E-state index in [4.69, 9.17) is 11.6 Å². The molecule has 0 radical (unpaired) electrons. The van der Waals surface area contributed by atoms with E-state index < -0.39 is 0 Å². The largest absolute Gasteiger partial charge is 0.0945 e. The van der Waals surface area contributed by atoms with Crippen LogP contribution >= 0.6 is 11.6 Å². The van der Waals surface area contributed by atoms with E-state index in [0.717, 1.165) is 23.4 Å². The van der Waals surface area contributed by atoms with Crippen molar-refractivity contribution in [3.63, 3.8) is 0 Å². The van der Waals surface area contributed by atoms with Crippen LogP contribution in [0.15, 0.2) is 42.5 Å². The van der Waals surface area contributed by atoms with Gasteiger partial charge in [0.05, 0.1) is 0 Å². The van der Waals surface area contributed by atoms with Crippen molar-refractivity contribution in [1.29, 1.82) is 0 Å². The third kappa shape index (κ3) is 6.65. The minimum Gasteiger partial charge on any atom is -0.0945 e. The Labute approximate surface area is 183 Å². The van der Waals surface area contributed by atoms with E-state index in [1.807, 2.05) is 6.07 Å². The van der Waals surface area contributed by atoms with E-state index in [0.29, 0.717) is 11.8 Å². The molecule has 2 aromatic carbocycles. The molecule has 0 atom stereocenters. The predicted molar refractivity (Wildman–Crippen MR) is 127 cm³/mol. The molecule has 1 heteroatoms. The summed E-state index contributed by atoms with van der Waals surface area (Å²) in [6.07, 6.45) is 12.2. The zero-order valence-corrected chi connectivity index (χ0v) is 18.9. The number of hydrogen-bond donors (Lipinski definition) is 0. The summed E-state index contributed by atoms with van der Waals surface area (Å²) in [4.78, 5) is 0. The van der Waals surface area contributed by atoms with E-state index in [1.54, 1.807) is 0 Å². The molecule has 0 unspecified atom stereocenters. The summed E-state index contributed by atoms with van der Waals surface area (Å²) in [5.41, 5.74) is 5.30. The molecule has 3 rings (SSSR count). The van der Waals surface area contributed by atoms with Gasteiger partial charge in [-0.05, 0) is 79.7 Å². The molecule has 0 aromatic heterocycles. The van der Waals surface area contributed by atoms with Crippen LogP contribution < -0.4 is 0 Å². The number of rotatable bonds is 7. The molecular weight excluding hydrogens is 372 g/mol. The molecule has 29 heavy (non-hydrogen) atoms. The Balaban J connectivity index is 1.51. The first-order chi connectivity index (χ1) is 14.2. The SMILES string of the molecule is CCCCCc1ccc(C2CCC(C#Cc3ccc(CCC)c(Cl)c3)CC2)cc1. The molecule has 0 nitrogen and oxygen atoms in total. The molecule has 1 aliphatic carbocycles. The molecule has 1 aliphatic rings. The van der Waals surface area contributed by atoms with Crippen molar-refractivity contribution in [3.8, 4) is 11.8 Å². The molecule has 0 bridgehead atoms. The predicted octanol–water partition coefficient (Wildman–Crippen LogP) is 8.35. The minimum atomic E-state index is 0.522. The van der Waals surface area contributed by atoms with Gasteiger partial charge in [0.2, 0.25) is 0 Å². The molecule has 0 spiro atoms. The summed E-state index contributed by atoms with van der Waals surface area (Å²) < 4.78 is 0. The minimum absolute atomic E-state index is 0.522. The van der Waals surface area contributed by atoms with Crippen molar-refractivity contribution < 1.29 is 0 Å². The lowest BCUT2D eigenvalue weighted by atomic mass is 9.78. The Morgan fingerprint density at radius 2 is 1.62 bits per heavy atom. The number of halogens is 1. The summed E-state index contributed by atoms with van der Waals surface area (Å²) in [7, 11) is 0. The highest BCUT2D eigenvalue weighted by molar-refractivity contribution is 6.31. The first-order valence-electron chi connectivity index (χ1n) is 11.6. The maximum absolute atomic E-state index is 6.40.